The van der Waals surface area contributed by atoms with Crippen molar-refractivity contribution in [2.45, 2.75) is 59.4 Å². The van der Waals surface area contributed by atoms with Gasteiger partial charge in [0.05, 0.1) is 11.8 Å². The largest absolute Gasteiger partial charge is 0.342 e. The van der Waals surface area contributed by atoms with Crippen LogP contribution in [0.5, 0.6) is 0 Å². The van der Waals surface area contributed by atoms with E-state index in [9.17, 15) is 9.59 Å². The van der Waals surface area contributed by atoms with E-state index in [4.69, 9.17) is 0 Å². The number of rotatable bonds is 5. The van der Waals surface area contributed by atoms with Crippen LogP contribution in [0.4, 0.5) is 0 Å². The van der Waals surface area contributed by atoms with E-state index in [0.717, 1.165) is 58.4 Å². The predicted octanol–water partition coefficient (Wildman–Crippen LogP) is 2.79. The standard InChI is InChI=1S/C20H32N4O2/c1-4-24-13-17(12-21-24)19(26)23-10-5-8-20(15-23)9-6-18(25)22(14-20)11-7-16(2)3/h12-13,16H,4-11,14-15H2,1-3H3/t20-/m0/s1. The summed E-state index contributed by atoms with van der Waals surface area (Å²) in [6, 6.07) is 0. The van der Waals surface area contributed by atoms with Gasteiger partial charge in [-0.1, -0.05) is 13.8 Å². The molecule has 0 N–H and O–H groups in total. The summed E-state index contributed by atoms with van der Waals surface area (Å²) in [5.41, 5.74) is 0.743. The lowest BCUT2D eigenvalue weighted by Crippen LogP contribution is -2.55. The molecule has 0 aliphatic carbocycles. The molecule has 1 atom stereocenters. The highest BCUT2D eigenvalue weighted by Crippen LogP contribution is 2.39. The molecule has 1 aromatic heterocycles. The summed E-state index contributed by atoms with van der Waals surface area (Å²) in [4.78, 5) is 29.3. The first-order valence-corrected chi connectivity index (χ1v) is 10.0. The number of hydrogen-bond acceptors (Lipinski definition) is 3. The second kappa shape index (κ2) is 7.80. The molecule has 2 saturated heterocycles. The van der Waals surface area contributed by atoms with Crippen LogP contribution in [0.15, 0.2) is 12.4 Å². The van der Waals surface area contributed by atoms with Gasteiger partial charge in [-0.3, -0.25) is 14.3 Å². The fourth-order valence-corrected chi connectivity index (χ4v) is 4.26. The molecule has 144 valence electrons. The molecule has 1 aromatic rings. The molecule has 3 rings (SSSR count). The lowest BCUT2D eigenvalue weighted by molar-refractivity contribution is -0.139. The number of likely N-dealkylation sites (tertiary alicyclic amines) is 2. The Balaban J connectivity index is 1.68. The Hall–Kier alpha value is -1.85. The Kier molecular flexibility index (Phi) is 5.68. The van der Waals surface area contributed by atoms with Crippen molar-refractivity contribution in [3.8, 4) is 0 Å². The Morgan fingerprint density at radius 2 is 2.12 bits per heavy atom. The second-order valence-corrected chi connectivity index (χ2v) is 8.41. The van der Waals surface area contributed by atoms with Gasteiger partial charge in [0.2, 0.25) is 5.91 Å². The van der Waals surface area contributed by atoms with Crippen molar-refractivity contribution in [1.29, 1.82) is 0 Å². The average molecular weight is 361 g/mol. The molecule has 3 heterocycles. The molecule has 2 aliphatic heterocycles. The van der Waals surface area contributed by atoms with Crippen LogP contribution in [0.3, 0.4) is 0 Å². The van der Waals surface area contributed by atoms with Crippen LogP contribution in [-0.2, 0) is 11.3 Å². The maximum Gasteiger partial charge on any atom is 0.257 e. The topological polar surface area (TPSA) is 58.4 Å². The van der Waals surface area contributed by atoms with Crippen LogP contribution in [0.2, 0.25) is 0 Å². The zero-order valence-electron chi connectivity index (χ0n) is 16.4. The minimum Gasteiger partial charge on any atom is -0.342 e. The van der Waals surface area contributed by atoms with Gasteiger partial charge < -0.3 is 9.80 Å². The quantitative estimate of drug-likeness (QED) is 0.811. The highest BCUT2D eigenvalue weighted by molar-refractivity contribution is 5.93. The fourth-order valence-electron chi connectivity index (χ4n) is 4.26. The van der Waals surface area contributed by atoms with Crippen molar-refractivity contribution >= 4 is 11.8 Å². The first-order chi connectivity index (χ1) is 12.4. The minimum absolute atomic E-state index is 0.0690. The van der Waals surface area contributed by atoms with E-state index in [1.54, 1.807) is 10.9 Å². The van der Waals surface area contributed by atoms with Gasteiger partial charge in [0.1, 0.15) is 0 Å². The van der Waals surface area contributed by atoms with Crippen molar-refractivity contribution in [1.82, 2.24) is 19.6 Å². The maximum absolute atomic E-state index is 12.9. The average Bonchev–Trinajstić information content (AvgIpc) is 3.11. The summed E-state index contributed by atoms with van der Waals surface area (Å²) in [5.74, 6) is 0.957. The fraction of sp³-hybridized carbons (Fsp3) is 0.750. The summed E-state index contributed by atoms with van der Waals surface area (Å²) in [5, 5.41) is 4.23. The van der Waals surface area contributed by atoms with Gasteiger partial charge >= 0.3 is 0 Å². The number of aryl methyl sites for hydroxylation is 1. The number of nitrogens with zero attached hydrogens (tertiary/aromatic N) is 4. The summed E-state index contributed by atoms with van der Waals surface area (Å²) < 4.78 is 1.79. The highest BCUT2D eigenvalue weighted by atomic mass is 16.2. The zero-order chi connectivity index (χ0) is 18.7. The highest BCUT2D eigenvalue weighted by Gasteiger charge is 2.42. The van der Waals surface area contributed by atoms with Crippen molar-refractivity contribution in [2.75, 3.05) is 26.2 Å². The molecule has 0 bridgehead atoms. The summed E-state index contributed by atoms with van der Waals surface area (Å²) in [7, 11) is 0. The summed E-state index contributed by atoms with van der Waals surface area (Å²) >= 11 is 0. The van der Waals surface area contributed by atoms with Gasteiger partial charge in [0.15, 0.2) is 0 Å². The molecule has 2 fully saturated rings. The van der Waals surface area contributed by atoms with E-state index in [1.807, 2.05) is 22.9 Å². The van der Waals surface area contributed by atoms with E-state index >= 15 is 0 Å². The Morgan fingerprint density at radius 1 is 1.31 bits per heavy atom. The van der Waals surface area contributed by atoms with E-state index in [0.29, 0.717) is 17.9 Å². The maximum atomic E-state index is 12.9. The van der Waals surface area contributed by atoms with Crippen molar-refractivity contribution in [3.05, 3.63) is 18.0 Å². The van der Waals surface area contributed by atoms with Gasteiger partial charge in [-0.05, 0) is 38.5 Å². The van der Waals surface area contributed by atoms with Crippen molar-refractivity contribution in [3.63, 3.8) is 0 Å². The van der Waals surface area contributed by atoms with E-state index in [1.165, 1.54) is 0 Å². The molecule has 2 amide bonds. The van der Waals surface area contributed by atoms with Crippen LogP contribution in [0.25, 0.3) is 0 Å². The number of piperidine rings is 2. The molecule has 1 spiro atoms. The molecule has 6 nitrogen and oxygen atoms in total. The van der Waals surface area contributed by atoms with Gasteiger partial charge in [-0.2, -0.15) is 5.10 Å². The minimum atomic E-state index is 0.0690. The van der Waals surface area contributed by atoms with Gasteiger partial charge in [0, 0.05) is 50.8 Å². The first-order valence-electron chi connectivity index (χ1n) is 10.0. The van der Waals surface area contributed by atoms with Crippen molar-refractivity contribution < 1.29 is 9.59 Å². The summed E-state index contributed by atoms with van der Waals surface area (Å²) in [6.45, 7) is 10.4. The third-order valence-corrected chi connectivity index (χ3v) is 5.88. The monoisotopic (exact) mass is 360 g/mol. The third-order valence-electron chi connectivity index (χ3n) is 5.88. The number of amides is 2. The molecule has 0 unspecified atom stereocenters. The predicted molar refractivity (Wildman–Crippen MR) is 101 cm³/mol. The molecular weight excluding hydrogens is 328 g/mol. The first kappa shape index (κ1) is 18.9. The van der Waals surface area contributed by atoms with Gasteiger partial charge in [-0.15, -0.1) is 0 Å². The van der Waals surface area contributed by atoms with Crippen LogP contribution in [0, 0.1) is 11.3 Å². The Bertz CT molecular complexity index is 654. The molecule has 2 aliphatic rings. The Labute approximate surface area is 156 Å². The van der Waals surface area contributed by atoms with E-state index in [2.05, 4.69) is 18.9 Å². The number of carbonyl (C=O) groups excluding carboxylic acids is 2. The summed E-state index contributed by atoms with van der Waals surface area (Å²) in [6.07, 6.45) is 8.20. The molecular formula is C20H32N4O2. The third kappa shape index (κ3) is 4.10. The molecule has 0 saturated carbocycles. The van der Waals surface area contributed by atoms with Crippen LogP contribution < -0.4 is 0 Å². The van der Waals surface area contributed by atoms with E-state index in [-0.39, 0.29) is 17.2 Å². The lowest BCUT2D eigenvalue weighted by Gasteiger charge is -2.48. The van der Waals surface area contributed by atoms with Crippen LogP contribution in [-0.4, -0.2) is 57.6 Å². The van der Waals surface area contributed by atoms with Gasteiger partial charge in [0.25, 0.3) is 5.91 Å². The Morgan fingerprint density at radius 3 is 2.81 bits per heavy atom. The molecule has 0 radical (unpaired) electrons. The smallest absolute Gasteiger partial charge is 0.257 e. The molecule has 26 heavy (non-hydrogen) atoms. The normalized spacial score (nSPS) is 23.9. The molecule has 6 heteroatoms. The lowest BCUT2D eigenvalue weighted by atomic mass is 9.73. The number of aromatic nitrogens is 2. The second-order valence-electron chi connectivity index (χ2n) is 8.41. The number of hydrogen-bond donors (Lipinski definition) is 0. The number of carbonyl (C=O) groups is 2. The van der Waals surface area contributed by atoms with Crippen LogP contribution in [0.1, 0.15) is 63.2 Å². The SMILES string of the molecule is CCn1cc(C(=O)N2CCC[C@@]3(CCC(=O)N(CCC(C)C)C3)C2)cn1. The molecule has 0 aromatic carbocycles. The van der Waals surface area contributed by atoms with Crippen LogP contribution >= 0.6 is 0 Å². The van der Waals surface area contributed by atoms with E-state index < -0.39 is 0 Å². The van der Waals surface area contributed by atoms with Gasteiger partial charge in [-0.25, -0.2) is 0 Å². The van der Waals surface area contributed by atoms with Crippen molar-refractivity contribution in [2.24, 2.45) is 11.3 Å². The zero-order valence-corrected chi connectivity index (χ0v) is 16.4.